The van der Waals surface area contributed by atoms with E-state index in [2.05, 4.69) is 13.0 Å². The molecule has 4 nitrogen and oxygen atoms in total. The number of aliphatic hydroxyl groups is 2. The topological polar surface area (TPSA) is 58.9 Å². The lowest BCUT2D eigenvalue weighted by Crippen LogP contribution is -2.30. The number of allylic oxidation sites excluding steroid dienone is 1. The fourth-order valence-corrected chi connectivity index (χ4v) is 3.47. The molecule has 4 heteroatoms. The van der Waals surface area contributed by atoms with Gasteiger partial charge in [-0.25, -0.2) is 0 Å². The van der Waals surface area contributed by atoms with E-state index in [0.29, 0.717) is 6.61 Å². The van der Waals surface area contributed by atoms with E-state index in [-0.39, 0.29) is 6.61 Å². The second-order valence-corrected chi connectivity index (χ2v) is 8.13. The summed E-state index contributed by atoms with van der Waals surface area (Å²) in [5.41, 5.74) is 1.00. The van der Waals surface area contributed by atoms with Crippen LogP contribution in [0.2, 0.25) is 0 Å². The maximum Gasteiger partial charge on any atom is 0.118 e. The van der Waals surface area contributed by atoms with Crippen LogP contribution in [0.1, 0.15) is 89.5 Å². The summed E-state index contributed by atoms with van der Waals surface area (Å²) in [5, 5.41) is 19.3. The third-order valence-electron chi connectivity index (χ3n) is 5.47. The van der Waals surface area contributed by atoms with Gasteiger partial charge in [-0.15, -0.1) is 0 Å². The number of ether oxygens (including phenoxy) is 2. The first kappa shape index (κ1) is 26.7. The third kappa shape index (κ3) is 13.0. The summed E-state index contributed by atoms with van der Waals surface area (Å²) in [6, 6.07) is 7.66. The van der Waals surface area contributed by atoms with Crippen LogP contribution < -0.4 is 4.74 Å². The Morgan fingerprint density at radius 3 is 1.97 bits per heavy atom. The molecule has 1 rings (SSSR count). The minimum absolute atomic E-state index is 0.309. The monoisotopic (exact) mass is 420 g/mol. The molecular formula is C26H44O4. The molecule has 2 atom stereocenters. The summed E-state index contributed by atoms with van der Waals surface area (Å²) < 4.78 is 11.0. The lowest BCUT2D eigenvalue weighted by Gasteiger charge is -2.19. The van der Waals surface area contributed by atoms with E-state index in [4.69, 9.17) is 9.47 Å². The molecule has 0 saturated heterocycles. The zero-order valence-electron chi connectivity index (χ0n) is 19.2. The van der Waals surface area contributed by atoms with Crippen molar-refractivity contribution in [1.29, 1.82) is 0 Å². The molecule has 0 saturated carbocycles. The Labute approximate surface area is 184 Å². The first-order valence-corrected chi connectivity index (χ1v) is 11.9. The number of rotatable bonds is 19. The van der Waals surface area contributed by atoms with Gasteiger partial charge in [0.2, 0.25) is 0 Å². The van der Waals surface area contributed by atoms with E-state index in [9.17, 15) is 10.2 Å². The molecule has 0 radical (unpaired) electrons. The highest BCUT2D eigenvalue weighted by Crippen LogP contribution is 2.15. The summed E-state index contributed by atoms with van der Waals surface area (Å²) in [6.45, 7) is 2.34. The maximum absolute atomic E-state index is 10.0. The standard InChI is InChI=1S/C26H44O4/c1-3-4-5-6-7-8-9-10-11-12-13-14-15-16-26(25(28)21-27)30-22-23-17-19-24(29-2)20-18-23/h15-20,25-28H,3-14,21-22H2,1-2H3/b16-15+/t25-,26-/m1/s1. The largest absolute Gasteiger partial charge is 0.497 e. The first-order valence-electron chi connectivity index (χ1n) is 11.9. The van der Waals surface area contributed by atoms with Gasteiger partial charge < -0.3 is 19.7 Å². The normalized spacial score (nSPS) is 13.6. The van der Waals surface area contributed by atoms with E-state index in [0.717, 1.165) is 24.2 Å². The molecule has 30 heavy (non-hydrogen) atoms. The summed E-state index contributed by atoms with van der Waals surface area (Å²) in [5.74, 6) is 0.803. The van der Waals surface area contributed by atoms with Crippen LogP contribution in [0.4, 0.5) is 0 Å². The lowest BCUT2D eigenvalue weighted by atomic mass is 10.0. The number of hydrogen-bond acceptors (Lipinski definition) is 4. The lowest BCUT2D eigenvalue weighted by molar-refractivity contribution is -0.0407. The van der Waals surface area contributed by atoms with Crippen LogP contribution in [-0.2, 0) is 11.3 Å². The van der Waals surface area contributed by atoms with Gasteiger partial charge in [0.05, 0.1) is 20.3 Å². The highest BCUT2D eigenvalue weighted by atomic mass is 16.5. The number of methoxy groups -OCH3 is 1. The molecule has 0 aliphatic carbocycles. The fourth-order valence-electron chi connectivity index (χ4n) is 3.47. The Bertz CT molecular complexity index is 526. The van der Waals surface area contributed by atoms with Crippen LogP contribution in [0.25, 0.3) is 0 Å². The van der Waals surface area contributed by atoms with Crippen LogP contribution >= 0.6 is 0 Å². The van der Waals surface area contributed by atoms with Crippen molar-refractivity contribution >= 4 is 0 Å². The molecule has 0 amide bonds. The third-order valence-corrected chi connectivity index (χ3v) is 5.47. The predicted octanol–water partition coefficient (Wildman–Crippen LogP) is 6.19. The highest BCUT2D eigenvalue weighted by Gasteiger charge is 2.16. The number of aliphatic hydroxyl groups excluding tert-OH is 2. The minimum atomic E-state index is -0.906. The first-order chi connectivity index (χ1) is 14.7. The quantitative estimate of drug-likeness (QED) is 0.207. The average molecular weight is 421 g/mol. The van der Waals surface area contributed by atoms with E-state index in [1.54, 1.807) is 7.11 Å². The minimum Gasteiger partial charge on any atom is -0.497 e. The highest BCUT2D eigenvalue weighted by molar-refractivity contribution is 5.26. The zero-order chi connectivity index (χ0) is 21.9. The van der Waals surface area contributed by atoms with E-state index >= 15 is 0 Å². The van der Waals surface area contributed by atoms with Crippen LogP contribution in [0, 0.1) is 0 Å². The molecule has 1 aromatic rings. The Balaban J connectivity index is 2.15. The van der Waals surface area contributed by atoms with Gasteiger partial charge in [0.25, 0.3) is 0 Å². The Morgan fingerprint density at radius 2 is 1.43 bits per heavy atom. The Kier molecular flexibility index (Phi) is 16.4. The molecule has 2 N–H and O–H groups in total. The van der Waals surface area contributed by atoms with Gasteiger partial charge >= 0.3 is 0 Å². The van der Waals surface area contributed by atoms with Gasteiger partial charge in [0.1, 0.15) is 18.0 Å². The van der Waals surface area contributed by atoms with Crippen LogP contribution in [0.3, 0.4) is 0 Å². The molecule has 0 aliphatic rings. The maximum atomic E-state index is 10.0. The van der Waals surface area contributed by atoms with Gasteiger partial charge in [-0.2, -0.15) is 0 Å². The van der Waals surface area contributed by atoms with Crippen molar-refractivity contribution in [3.05, 3.63) is 42.0 Å². The number of benzene rings is 1. The van der Waals surface area contributed by atoms with Crippen LogP contribution in [0.5, 0.6) is 5.75 Å². The van der Waals surface area contributed by atoms with Crippen LogP contribution in [-0.4, -0.2) is 36.1 Å². The van der Waals surface area contributed by atoms with Gasteiger partial charge in [-0.05, 0) is 30.5 Å². The Morgan fingerprint density at radius 1 is 0.867 bits per heavy atom. The molecule has 0 unspecified atom stereocenters. The zero-order valence-corrected chi connectivity index (χ0v) is 19.2. The van der Waals surface area contributed by atoms with Crippen molar-refractivity contribution in [2.24, 2.45) is 0 Å². The molecule has 0 fully saturated rings. The second kappa shape index (κ2) is 18.4. The smallest absolute Gasteiger partial charge is 0.118 e. The summed E-state index contributed by atoms with van der Waals surface area (Å²) in [4.78, 5) is 0. The van der Waals surface area contributed by atoms with Crippen molar-refractivity contribution < 1.29 is 19.7 Å². The number of hydrogen-bond donors (Lipinski definition) is 2. The molecule has 0 bridgehead atoms. The summed E-state index contributed by atoms with van der Waals surface area (Å²) >= 11 is 0. The summed E-state index contributed by atoms with van der Waals surface area (Å²) in [6.07, 6.45) is 18.3. The van der Waals surface area contributed by atoms with Crippen molar-refractivity contribution in [2.45, 2.75) is 103 Å². The van der Waals surface area contributed by atoms with Crippen LogP contribution in [0.15, 0.2) is 36.4 Å². The fraction of sp³-hybridized carbons (Fsp3) is 0.692. The SMILES string of the molecule is CCCCCCCCCCCCC/C=C/[C@@H](OCc1ccc(OC)cc1)[C@H](O)CO. The van der Waals surface area contributed by atoms with Gasteiger partial charge in [-0.3, -0.25) is 0 Å². The molecule has 1 aromatic carbocycles. The van der Waals surface area contributed by atoms with Crippen molar-refractivity contribution in [2.75, 3.05) is 13.7 Å². The van der Waals surface area contributed by atoms with Crippen molar-refractivity contribution in [1.82, 2.24) is 0 Å². The van der Waals surface area contributed by atoms with Gasteiger partial charge in [0.15, 0.2) is 0 Å². The molecule has 0 aliphatic heterocycles. The van der Waals surface area contributed by atoms with E-state index in [1.165, 1.54) is 64.2 Å². The van der Waals surface area contributed by atoms with Gasteiger partial charge in [-0.1, -0.05) is 95.4 Å². The molecular weight excluding hydrogens is 376 g/mol. The predicted molar refractivity (Wildman–Crippen MR) is 125 cm³/mol. The molecule has 0 heterocycles. The molecule has 0 aromatic heterocycles. The molecule has 0 spiro atoms. The Hall–Kier alpha value is -1.36. The molecule has 172 valence electrons. The van der Waals surface area contributed by atoms with E-state index in [1.807, 2.05) is 30.3 Å². The summed E-state index contributed by atoms with van der Waals surface area (Å²) in [7, 11) is 1.64. The van der Waals surface area contributed by atoms with Gasteiger partial charge in [0, 0.05) is 0 Å². The number of unbranched alkanes of at least 4 members (excludes halogenated alkanes) is 11. The second-order valence-electron chi connectivity index (χ2n) is 8.13. The van der Waals surface area contributed by atoms with Crippen molar-refractivity contribution in [3.8, 4) is 5.75 Å². The average Bonchev–Trinajstić information content (AvgIpc) is 2.78. The van der Waals surface area contributed by atoms with Crippen molar-refractivity contribution in [3.63, 3.8) is 0 Å². The van der Waals surface area contributed by atoms with E-state index < -0.39 is 12.2 Å².